The second-order valence-corrected chi connectivity index (χ2v) is 5.45. The molecule has 1 aliphatic rings. The highest BCUT2D eigenvalue weighted by molar-refractivity contribution is 5.32. The van der Waals surface area contributed by atoms with Crippen molar-refractivity contribution in [2.45, 2.75) is 37.8 Å². The summed E-state index contributed by atoms with van der Waals surface area (Å²) < 4.78 is 0. The molecule has 19 heavy (non-hydrogen) atoms. The molecule has 0 saturated carbocycles. The van der Waals surface area contributed by atoms with Gasteiger partial charge in [0, 0.05) is 12.6 Å². The molecule has 0 spiro atoms. The number of nitriles is 1. The van der Waals surface area contributed by atoms with Gasteiger partial charge in [-0.05, 0) is 38.9 Å². The van der Waals surface area contributed by atoms with Gasteiger partial charge in [0.15, 0.2) is 0 Å². The number of nitrogens with one attached hydrogen (secondary N) is 1. The molecule has 3 nitrogen and oxygen atoms in total. The third kappa shape index (κ3) is 2.97. The van der Waals surface area contributed by atoms with E-state index < -0.39 is 5.54 Å². The molecule has 1 heterocycles. The number of rotatable bonds is 4. The van der Waals surface area contributed by atoms with Gasteiger partial charge in [-0.25, -0.2) is 0 Å². The summed E-state index contributed by atoms with van der Waals surface area (Å²) in [7, 11) is 1.88. The van der Waals surface area contributed by atoms with Gasteiger partial charge in [-0.1, -0.05) is 36.8 Å². The maximum absolute atomic E-state index is 9.71. The lowest BCUT2D eigenvalue weighted by Gasteiger charge is -2.39. The number of hydrogen-bond acceptors (Lipinski definition) is 3. The van der Waals surface area contributed by atoms with Crippen LogP contribution in [0.2, 0.25) is 0 Å². The summed E-state index contributed by atoms with van der Waals surface area (Å²) in [5, 5.41) is 13.0. The maximum Gasteiger partial charge on any atom is 0.144 e. The fourth-order valence-electron chi connectivity index (χ4n) is 2.89. The van der Waals surface area contributed by atoms with E-state index in [2.05, 4.69) is 23.2 Å². The Kier molecular flexibility index (Phi) is 4.57. The van der Waals surface area contributed by atoms with Gasteiger partial charge in [0.1, 0.15) is 5.54 Å². The van der Waals surface area contributed by atoms with Crippen LogP contribution in [0.5, 0.6) is 0 Å². The summed E-state index contributed by atoms with van der Waals surface area (Å²) in [6.07, 6.45) is 3.78. The van der Waals surface area contributed by atoms with Crippen LogP contribution in [0.15, 0.2) is 30.3 Å². The van der Waals surface area contributed by atoms with E-state index in [1.165, 1.54) is 19.3 Å². The highest BCUT2D eigenvalue weighted by atomic mass is 15.2. The first-order valence-electron chi connectivity index (χ1n) is 7.11. The van der Waals surface area contributed by atoms with Crippen LogP contribution in [0, 0.1) is 11.3 Å². The number of piperidine rings is 1. The Hall–Kier alpha value is -1.37. The van der Waals surface area contributed by atoms with Crippen molar-refractivity contribution in [3.05, 3.63) is 35.9 Å². The third-order valence-corrected chi connectivity index (χ3v) is 4.27. The monoisotopic (exact) mass is 257 g/mol. The zero-order valence-corrected chi connectivity index (χ0v) is 11.9. The Morgan fingerprint density at radius 2 is 2.11 bits per heavy atom. The second kappa shape index (κ2) is 6.18. The summed E-state index contributed by atoms with van der Waals surface area (Å²) in [5.41, 5.74) is 0.449. The van der Waals surface area contributed by atoms with Gasteiger partial charge in [-0.15, -0.1) is 0 Å². The van der Waals surface area contributed by atoms with Crippen molar-refractivity contribution in [3.63, 3.8) is 0 Å². The van der Waals surface area contributed by atoms with Gasteiger partial charge in [0.2, 0.25) is 0 Å². The molecule has 1 saturated heterocycles. The summed E-state index contributed by atoms with van der Waals surface area (Å²) in [5.74, 6) is 0. The largest absolute Gasteiger partial charge is 0.298 e. The molecule has 1 aliphatic heterocycles. The predicted molar refractivity (Wildman–Crippen MR) is 77.7 cm³/mol. The molecule has 2 unspecified atom stereocenters. The first kappa shape index (κ1) is 14.0. The minimum atomic E-state index is -0.604. The molecule has 102 valence electrons. The number of likely N-dealkylation sites (N-methyl/N-ethyl adjacent to an activating group) is 1. The Bertz CT molecular complexity index is 437. The van der Waals surface area contributed by atoms with E-state index in [0.717, 1.165) is 18.7 Å². The predicted octanol–water partition coefficient (Wildman–Crippen LogP) is 2.50. The molecular formula is C16H23N3. The molecule has 0 aliphatic carbocycles. The lowest BCUT2D eigenvalue weighted by atomic mass is 9.89. The number of likely N-dealkylation sites (tertiary alicyclic amines) is 1. The Labute approximate surface area is 116 Å². The van der Waals surface area contributed by atoms with E-state index in [0.29, 0.717) is 6.04 Å². The standard InChI is InChI=1S/C16H23N3/c1-14-8-6-7-11-19(14)13-16(12-17,18-2)15-9-4-3-5-10-15/h3-5,9-10,14,18H,6-8,11,13H2,1-2H3. The van der Waals surface area contributed by atoms with E-state index in [4.69, 9.17) is 0 Å². The molecular weight excluding hydrogens is 234 g/mol. The minimum absolute atomic E-state index is 0.568. The number of hydrogen-bond donors (Lipinski definition) is 1. The molecule has 1 fully saturated rings. The molecule has 0 aromatic heterocycles. The lowest BCUT2D eigenvalue weighted by molar-refractivity contribution is 0.129. The molecule has 0 amide bonds. The minimum Gasteiger partial charge on any atom is -0.298 e. The molecule has 2 rings (SSSR count). The lowest BCUT2D eigenvalue weighted by Crippen LogP contribution is -2.52. The normalized spacial score (nSPS) is 23.5. The van der Waals surface area contributed by atoms with E-state index in [9.17, 15) is 5.26 Å². The van der Waals surface area contributed by atoms with E-state index >= 15 is 0 Å². The van der Waals surface area contributed by atoms with Crippen LogP contribution < -0.4 is 5.32 Å². The van der Waals surface area contributed by atoms with Crippen LogP contribution >= 0.6 is 0 Å². The average Bonchev–Trinajstić information content (AvgIpc) is 2.48. The van der Waals surface area contributed by atoms with Crippen molar-refractivity contribution >= 4 is 0 Å². The fraction of sp³-hybridized carbons (Fsp3) is 0.562. The van der Waals surface area contributed by atoms with E-state index in [1.807, 2.05) is 37.4 Å². The zero-order valence-electron chi connectivity index (χ0n) is 11.9. The van der Waals surface area contributed by atoms with Gasteiger partial charge in [0.25, 0.3) is 0 Å². The molecule has 1 N–H and O–H groups in total. The summed E-state index contributed by atoms with van der Waals surface area (Å²) in [4.78, 5) is 2.44. The summed E-state index contributed by atoms with van der Waals surface area (Å²) in [6, 6.07) is 13.1. The van der Waals surface area contributed by atoms with Crippen molar-refractivity contribution in [1.29, 1.82) is 5.26 Å². The third-order valence-electron chi connectivity index (χ3n) is 4.27. The summed E-state index contributed by atoms with van der Waals surface area (Å²) >= 11 is 0. The van der Waals surface area contributed by atoms with Crippen molar-refractivity contribution < 1.29 is 0 Å². The molecule has 1 aromatic rings. The second-order valence-electron chi connectivity index (χ2n) is 5.45. The van der Waals surface area contributed by atoms with Gasteiger partial charge >= 0.3 is 0 Å². The van der Waals surface area contributed by atoms with Crippen molar-refractivity contribution in [2.24, 2.45) is 0 Å². The molecule has 2 atom stereocenters. The highest BCUT2D eigenvalue weighted by Crippen LogP contribution is 2.25. The van der Waals surface area contributed by atoms with Crippen molar-refractivity contribution in [2.75, 3.05) is 20.1 Å². The van der Waals surface area contributed by atoms with Crippen LogP contribution in [-0.2, 0) is 5.54 Å². The zero-order chi connectivity index (χ0) is 13.7. The number of nitrogens with zero attached hydrogens (tertiary/aromatic N) is 2. The van der Waals surface area contributed by atoms with E-state index in [1.54, 1.807) is 0 Å². The van der Waals surface area contributed by atoms with Crippen LogP contribution in [0.25, 0.3) is 0 Å². The smallest absolute Gasteiger partial charge is 0.144 e. The molecule has 3 heteroatoms. The van der Waals surface area contributed by atoms with E-state index in [-0.39, 0.29) is 0 Å². The quantitative estimate of drug-likeness (QED) is 0.900. The van der Waals surface area contributed by atoms with Gasteiger partial charge in [-0.2, -0.15) is 5.26 Å². The van der Waals surface area contributed by atoms with Crippen molar-refractivity contribution in [3.8, 4) is 6.07 Å². The maximum atomic E-state index is 9.71. The first-order valence-corrected chi connectivity index (χ1v) is 7.11. The van der Waals surface area contributed by atoms with Gasteiger partial charge in [0.05, 0.1) is 6.07 Å². The van der Waals surface area contributed by atoms with Crippen LogP contribution in [-0.4, -0.2) is 31.1 Å². The molecule has 1 aromatic carbocycles. The highest BCUT2D eigenvalue weighted by Gasteiger charge is 2.34. The fourth-order valence-corrected chi connectivity index (χ4v) is 2.89. The molecule has 0 radical (unpaired) electrons. The number of benzene rings is 1. The average molecular weight is 257 g/mol. The van der Waals surface area contributed by atoms with Crippen LogP contribution in [0.1, 0.15) is 31.7 Å². The first-order chi connectivity index (χ1) is 9.22. The molecule has 0 bridgehead atoms. The SMILES string of the molecule is CNC(C#N)(CN1CCCCC1C)c1ccccc1. The Morgan fingerprint density at radius 1 is 1.37 bits per heavy atom. The Balaban J connectivity index is 2.23. The Morgan fingerprint density at radius 3 is 2.68 bits per heavy atom. The topological polar surface area (TPSA) is 39.1 Å². The van der Waals surface area contributed by atoms with Gasteiger partial charge < -0.3 is 0 Å². The van der Waals surface area contributed by atoms with Crippen molar-refractivity contribution in [1.82, 2.24) is 10.2 Å². The summed E-state index contributed by atoms with van der Waals surface area (Å²) in [6.45, 7) is 4.12. The van der Waals surface area contributed by atoms with Gasteiger partial charge in [-0.3, -0.25) is 10.2 Å². The van der Waals surface area contributed by atoms with Crippen LogP contribution in [0.3, 0.4) is 0 Å². The van der Waals surface area contributed by atoms with Crippen LogP contribution in [0.4, 0.5) is 0 Å².